The molecule has 0 bridgehead atoms. The van der Waals surface area contributed by atoms with E-state index < -0.39 is 5.41 Å². The van der Waals surface area contributed by atoms with E-state index in [1.54, 1.807) is 7.11 Å². The molecular weight excluding hydrogens is 330 g/mol. The van der Waals surface area contributed by atoms with Gasteiger partial charge in [0.1, 0.15) is 5.75 Å². The minimum Gasteiger partial charge on any atom is -0.494 e. The van der Waals surface area contributed by atoms with Crippen LogP contribution >= 0.6 is 0 Å². The Morgan fingerprint density at radius 3 is 2.54 bits per heavy atom. The Bertz CT molecular complexity index is 534. The summed E-state index contributed by atoms with van der Waals surface area (Å²) < 4.78 is 11.1. The Balaban J connectivity index is 1.80. The van der Waals surface area contributed by atoms with Crippen molar-refractivity contribution in [1.29, 1.82) is 0 Å². The van der Waals surface area contributed by atoms with E-state index in [4.69, 9.17) is 9.47 Å². The number of carbonyl (C=O) groups is 1. The summed E-state index contributed by atoms with van der Waals surface area (Å²) in [6, 6.07) is 7.94. The zero-order valence-electron chi connectivity index (χ0n) is 16.3. The van der Waals surface area contributed by atoms with Gasteiger partial charge in [0.25, 0.3) is 0 Å². The van der Waals surface area contributed by atoms with Gasteiger partial charge in [-0.1, -0.05) is 12.1 Å². The first-order valence-electron chi connectivity index (χ1n) is 9.40. The van der Waals surface area contributed by atoms with E-state index in [1.165, 1.54) is 0 Å². The van der Waals surface area contributed by atoms with Gasteiger partial charge in [-0.3, -0.25) is 4.79 Å². The Morgan fingerprint density at radius 2 is 1.92 bits per heavy atom. The van der Waals surface area contributed by atoms with Gasteiger partial charge in [0.2, 0.25) is 5.91 Å². The number of methoxy groups -OCH3 is 1. The third-order valence-electron chi connectivity index (χ3n) is 4.86. The molecule has 1 amide bonds. The van der Waals surface area contributed by atoms with Crippen LogP contribution in [0, 0.1) is 5.41 Å². The lowest BCUT2D eigenvalue weighted by molar-refractivity contribution is -0.136. The molecule has 0 saturated carbocycles. The molecule has 0 aliphatic carbocycles. The molecule has 1 aromatic carbocycles. The van der Waals surface area contributed by atoms with Crippen LogP contribution in [0.3, 0.4) is 0 Å². The molecule has 0 aromatic heterocycles. The van der Waals surface area contributed by atoms with Gasteiger partial charge in [-0.15, -0.1) is 0 Å². The average molecular weight is 364 g/mol. The molecule has 1 aromatic rings. The molecule has 6 heteroatoms. The molecular formula is C20H33N3O3. The molecule has 26 heavy (non-hydrogen) atoms. The van der Waals surface area contributed by atoms with Crippen molar-refractivity contribution >= 4 is 5.91 Å². The van der Waals surface area contributed by atoms with Gasteiger partial charge in [0, 0.05) is 20.2 Å². The standard InChI is InChI=1S/C20H33N3O3/c1-23(2)13-4-14-26-18-7-5-17(6-8-18)15-22-19(24)20(16-25-3)9-11-21-12-10-20/h5-8,21H,4,9-16H2,1-3H3,(H,22,24). The van der Waals surface area contributed by atoms with E-state index in [0.717, 1.165) is 50.2 Å². The molecule has 1 heterocycles. The molecule has 2 N–H and O–H groups in total. The van der Waals surface area contributed by atoms with E-state index >= 15 is 0 Å². The van der Waals surface area contributed by atoms with Crippen molar-refractivity contribution in [3.05, 3.63) is 29.8 Å². The van der Waals surface area contributed by atoms with Crippen molar-refractivity contribution in [2.24, 2.45) is 5.41 Å². The SMILES string of the molecule is COCC1(C(=O)NCc2ccc(OCCCN(C)C)cc2)CCNCC1. The Morgan fingerprint density at radius 1 is 1.23 bits per heavy atom. The first-order chi connectivity index (χ1) is 12.6. The van der Waals surface area contributed by atoms with Gasteiger partial charge >= 0.3 is 0 Å². The molecule has 2 rings (SSSR count). The number of nitrogens with one attached hydrogen (secondary N) is 2. The minimum absolute atomic E-state index is 0.0878. The lowest BCUT2D eigenvalue weighted by atomic mass is 9.78. The maximum Gasteiger partial charge on any atom is 0.228 e. The van der Waals surface area contributed by atoms with Crippen LogP contribution in [0.4, 0.5) is 0 Å². The minimum atomic E-state index is -0.407. The number of hydrogen-bond donors (Lipinski definition) is 2. The number of amides is 1. The second-order valence-corrected chi connectivity index (χ2v) is 7.30. The molecule has 1 aliphatic heterocycles. The zero-order chi connectivity index (χ0) is 18.8. The van der Waals surface area contributed by atoms with Crippen LogP contribution in [0.2, 0.25) is 0 Å². The van der Waals surface area contributed by atoms with Crippen LogP contribution < -0.4 is 15.4 Å². The van der Waals surface area contributed by atoms with E-state index in [2.05, 4.69) is 29.6 Å². The van der Waals surface area contributed by atoms with Crippen molar-refractivity contribution in [3.63, 3.8) is 0 Å². The third kappa shape index (κ3) is 6.27. The second kappa shape index (κ2) is 10.5. The highest BCUT2D eigenvalue weighted by atomic mass is 16.5. The van der Waals surface area contributed by atoms with Gasteiger partial charge in [0.15, 0.2) is 0 Å². The number of rotatable bonds is 10. The van der Waals surface area contributed by atoms with Gasteiger partial charge in [-0.2, -0.15) is 0 Å². The lowest BCUT2D eigenvalue weighted by Crippen LogP contribution is -2.49. The van der Waals surface area contributed by atoms with Crippen LogP contribution in [-0.4, -0.2) is 64.9 Å². The van der Waals surface area contributed by atoms with Crippen LogP contribution in [0.5, 0.6) is 5.75 Å². The highest BCUT2D eigenvalue weighted by Gasteiger charge is 2.39. The number of carbonyl (C=O) groups excluding carboxylic acids is 1. The molecule has 146 valence electrons. The molecule has 0 radical (unpaired) electrons. The van der Waals surface area contributed by atoms with Gasteiger partial charge in [-0.05, 0) is 64.1 Å². The van der Waals surface area contributed by atoms with Crippen molar-refractivity contribution in [2.45, 2.75) is 25.8 Å². The second-order valence-electron chi connectivity index (χ2n) is 7.30. The quantitative estimate of drug-likeness (QED) is 0.619. The van der Waals surface area contributed by atoms with E-state index in [-0.39, 0.29) is 5.91 Å². The van der Waals surface area contributed by atoms with E-state index in [1.807, 2.05) is 24.3 Å². The maximum absolute atomic E-state index is 12.7. The monoisotopic (exact) mass is 363 g/mol. The average Bonchev–Trinajstić information content (AvgIpc) is 2.65. The van der Waals surface area contributed by atoms with Gasteiger partial charge in [-0.25, -0.2) is 0 Å². The summed E-state index contributed by atoms with van der Waals surface area (Å²) in [6.45, 7) is 4.44. The fourth-order valence-electron chi connectivity index (χ4n) is 3.26. The van der Waals surface area contributed by atoms with Crippen LogP contribution in [0.1, 0.15) is 24.8 Å². The van der Waals surface area contributed by atoms with E-state index in [0.29, 0.717) is 19.8 Å². The molecule has 1 fully saturated rings. The molecule has 1 saturated heterocycles. The lowest BCUT2D eigenvalue weighted by Gasteiger charge is -2.35. The summed E-state index contributed by atoms with van der Waals surface area (Å²) in [5.41, 5.74) is 0.663. The highest BCUT2D eigenvalue weighted by Crippen LogP contribution is 2.29. The predicted octanol–water partition coefficient (Wildman–Crippen LogP) is 1.65. The molecule has 0 atom stereocenters. The summed E-state index contributed by atoms with van der Waals surface area (Å²) in [5.74, 6) is 0.956. The molecule has 0 spiro atoms. The highest BCUT2D eigenvalue weighted by molar-refractivity contribution is 5.83. The number of benzene rings is 1. The number of piperidine rings is 1. The zero-order valence-corrected chi connectivity index (χ0v) is 16.3. The maximum atomic E-state index is 12.7. The smallest absolute Gasteiger partial charge is 0.228 e. The number of hydrogen-bond acceptors (Lipinski definition) is 5. The topological polar surface area (TPSA) is 62.8 Å². The third-order valence-corrected chi connectivity index (χ3v) is 4.86. The van der Waals surface area contributed by atoms with Gasteiger partial charge < -0.3 is 25.0 Å². The fraction of sp³-hybridized carbons (Fsp3) is 0.650. The first-order valence-corrected chi connectivity index (χ1v) is 9.40. The summed E-state index contributed by atoms with van der Waals surface area (Å²) in [5, 5.41) is 6.39. The van der Waals surface area contributed by atoms with Crippen LogP contribution in [0.15, 0.2) is 24.3 Å². The molecule has 1 aliphatic rings. The first kappa shape index (κ1) is 20.7. The van der Waals surface area contributed by atoms with Crippen LogP contribution in [-0.2, 0) is 16.1 Å². The van der Waals surface area contributed by atoms with Crippen molar-refractivity contribution in [2.75, 3.05) is 54.1 Å². The van der Waals surface area contributed by atoms with Crippen molar-refractivity contribution < 1.29 is 14.3 Å². The molecule has 6 nitrogen and oxygen atoms in total. The van der Waals surface area contributed by atoms with Gasteiger partial charge in [0.05, 0.1) is 18.6 Å². The predicted molar refractivity (Wildman–Crippen MR) is 103 cm³/mol. The largest absolute Gasteiger partial charge is 0.494 e. The molecule has 0 unspecified atom stereocenters. The van der Waals surface area contributed by atoms with Crippen LogP contribution in [0.25, 0.3) is 0 Å². The van der Waals surface area contributed by atoms with E-state index in [9.17, 15) is 4.79 Å². The fourth-order valence-corrected chi connectivity index (χ4v) is 3.26. The van der Waals surface area contributed by atoms with Crippen molar-refractivity contribution in [1.82, 2.24) is 15.5 Å². The normalized spacial score (nSPS) is 16.5. The van der Waals surface area contributed by atoms with Crippen molar-refractivity contribution in [3.8, 4) is 5.75 Å². The summed E-state index contributed by atoms with van der Waals surface area (Å²) in [7, 11) is 5.78. The number of ether oxygens (including phenoxy) is 2. The Kier molecular flexibility index (Phi) is 8.35. The summed E-state index contributed by atoms with van der Waals surface area (Å²) >= 11 is 0. The summed E-state index contributed by atoms with van der Waals surface area (Å²) in [4.78, 5) is 14.9. The number of nitrogens with zero attached hydrogens (tertiary/aromatic N) is 1. The summed E-state index contributed by atoms with van der Waals surface area (Å²) in [6.07, 6.45) is 2.63. The Labute approximate surface area is 157 Å². The Hall–Kier alpha value is -1.63.